The topological polar surface area (TPSA) is 60.4 Å². The Labute approximate surface area is 156 Å². The normalized spacial score (nSPS) is 31.7. The van der Waals surface area contributed by atoms with Crippen molar-refractivity contribution in [3.63, 3.8) is 0 Å². The second kappa shape index (κ2) is 7.12. The molecule has 0 aliphatic heterocycles. The fraction of sp³-hybridized carbons (Fsp3) is 0.947. The van der Waals surface area contributed by atoms with Crippen molar-refractivity contribution >= 4 is 15.6 Å². The maximum Gasteiger partial charge on any atom is 0.348 e. The standard InChI is InChI=1S/C19H32F2O4S/c1-13(14-8-9-15-16(22)7-6-10-18(14,15)5)25-12-11-19(20,21)26(23,24)17(2,3)4/h13-15H,6-12H2,1-5H3. The predicted octanol–water partition coefficient (Wildman–Crippen LogP) is 4.37. The van der Waals surface area contributed by atoms with E-state index < -0.39 is 26.3 Å². The van der Waals surface area contributed by atoms with Gasteiger partial charge in [-0.05, 0) is 64.7 Å². The minimum absolute atomic E-state index is 0.0509. The van der Waals surface area contributed by atoms with Gasteiger partial charge in [-0.25, -0.2) is 8.42 Å². The highest BCUT2D eigenvalue weighted by atomic mass is 32.2. The molecule has 0 aromatic rings. The van der Waals surface area contributed by atoms with Crippen LogP contribution in [0.5, 0.6) is 0 Å². The van der Waals surface area contributed by atoms with Gasteiger partial charge in [-0.15, -0.1) is 0 Å². The van der Waals surface area contributed by atoms with Gasteiger partial charge in [0.1, 0.15) is 5.78 Å². The number of hydrogen-bond acceptors (Lipinski definition) is 4. The number of alkyl halides is 2. The molecule has 152 valence electrons. The number of fused-ring (bicyclic) bond motifs is 1. The summed E-state index contributed by atoms with van der Waals surface area (Å²) in [7, 11) is -4.59. The quantitative estimate of drug-likeness (QED) is 0.671. The van der Waals surface area contributed by atoms with Crippen LogP contribution in [-0.4, -0.2) is 36.9 Å². The summed E-state index contributed by atoms with van der Waals surface area (Å²) >= 11 is 0. The van der Waals surface area contributed by atoms with Crippen molar-refractivity contribution in [1.29, 1.82) is 0 Å². The van der Waals surface area contributed by atoms with E-state index in [0.29, 0.717) is 12.2 Å². The van der Waals surface area contributed by atoms with Crippen molar-refractivity contribution in [1.82, 2.24) is 0 Å². The van der Waals surface area contributed by atoms with E-state index in [9.17, 15) is 22.0 Å². The molecule has 0 radical (unpaired) electrons. The van der Waals surface area contributed by atoms with Crippen molar-refractivity contribution in [2.45, 2.75) is 89.2 Å². The highest BCUT2D eigenvalue weighted by Gasteiger charge is 2.54. The fourth-order valence-corrected chi connectivity index (χ4v) is 6.05. The Morgan fingerprint density at radius 3 is 2.46 bits per heavy atom. The van der Waals surface area contributed by atoms with Crippen LogP contribution >= 0.6 is 0 Å². The highest BCUT2D eigenvalue weighted by Crippen LogP contribution is 2.55. The molecule has 26 heavy (non-hydrogen) atoms. The maximum atomic E-state index is 14.2. The number of carbonyl (C=O) groups is 1. The second-order valence-electron chi connectivity index (χ2n) is 9.14. The molecular weight excluding hydrogens is 362 g/mol. The van der Waals surface area contributed by atoms with Crippen LogP contribution < -0.4 is 0 Å². The Kier molecular flexibility index (Phi) is 5.95. The number of ketones is 1. The van der Waals surface area contributed by atoms with Gasteiger partial charge in [0, 0.05) is 18.8 Å². The minimum atomic E-state index is -4.59. The Hall–Kier alpha value is -0.560. The van der Waals surface area contributed by atoms with Crippen LogP contribution in [0.2, 0.25) is 0 Å². The van der Waals surface area contributed by atoms with Gasteiger partial charge < -0.3 is 4.74 Å². The summed E-state index contributed by atoms with van der Waals surface area (Å²) in [5, 5.41) is -3.81. The molecule has 7 heteroatoms. The van der Waals surface area contributed by atoms with Crippen molar-refractivity contribution in [2.75, 3.05) is 6.61 Å². The zero-order valence-corrected chi connectivity index (χ0v) is 17.3. The van der Waals surface area contributed by atoms with Crippen molar-refractivity contribution in [3.8, 4) is 0 Å². The lowest BCUT2D eigenvalue weighted by molar-refractivity contribution is -0.131. The zero-order valence-electron chi connectivity index (χ0n) is 16.5. The minimum Gasteiger partial charge on any atom is -0.378 e. The molecule has 4 atom stereocenters. The Morgan fingerprint density at radius 2 is 1.88 bits per heavy atom. The van der Waals surface area contributed by atoms with Crippen molar-refractivity contribution in [3.05, 3.63) is 0 Å². The number of rotatable bonds is 6. The number of ether oxygens (including phenoxy) is 1. The summed E-state index contributed by atoms with van der Waals surface area (Å²) in [6.45, 7) is 7.49. The first kappa shape index (κ1) is 21.7. The third-order valence-corrected chi connectivity index (χ3v) is 9.08. The molecular formula is C19H32F2O4S. The predicted molar refractivity (Wildman–Crippen MR) is 96.8 cm³/mol. The molecule has 2 aliphatic carbocycles. The molecule has 0 spiro atoms. The summed E-state index contributed by atoms with van der Waals surface area (Å²) in [4.78, 5) is 12.2. The van der Waals surface area contributed by atoms with E-state index in [1.165, 1.54) is 20.8 Å². The van der Waals surface area contributed by atoms with Crippen LogP contribution in [0.1, 0.15) is 73.1 Å². The first-order chi connectivity index (χ1) is 11.7. The van der Waals surface area contributed by atoms with E-state index in [-0.39, 0.29) is 30.0 Å². The third kappa shape index (κ3) is 3.71. The van der Waals surface area contributed by atoms with Crippen LogP contribution in [0.25, 0.3) is 0 Å². The Morgan fingerprint density at radius 1 is 1.27 bits per heavy atom. The number of halogens is 2. The van der Waals surface area contributed by atoms with Crippen molar-refractivity contribution in [2.24, 2.45) is 17.3 Å². The van der Waals surface area contributed by atoms with E-state index in [0.717, 1.165) is 25.7 Å². The molecule has 2 rings (SSSR count). The van der Waals surface area contributed by atoms with E-state index in [1.54, 1.807) is 0 Å². The summed E-state index contributed by atoms with van der Waals surface area (Å²) < 4.78 is 56.6. The van der Waals surface area contributed by atoms with E-state index in [2.05, 4.69) is 6.92 Å². The number of hydrogen-bond donors (Lipinski definition) is 0. The van der Waals surface area contributed by atoms with E-state index in [1.807, 2.05) is 6.92 Å². The molecule has 4 nitrogen and oxygen atoms in total. The fourth-order valence-electron chi connectivity index (χ4n) is 4.80. The molecule has 2 aliphatic rings. The summed E-state index contributed by atoms with van der Waals surface area (Å²) in [5.41, 5.74) is -0.130. The van der Waals surface area contributed by atoms with E-state index >= 15 is 0 Å². The molecule has 0 amide bonds. The third-order valence-electron chi connectivity index (χ3n) is 6.48. The molecule has 2 fully saturated rings. The van der Waals surface area contributed by atoms with Gasteiger partial charge in [-0.3, -0.25) is 4.79 Å². The molecule has 0 aromatic carbocycles. The largest absolute Gasteiger partial charge is 0.378 e. The van der Waals surface area contributed by atoms with Gasteiger partial charge in [0.15, 0.2) is 0 Å². The first-order valence-corrected chi connectivity index (χ1v) is 11.0. The van der Waals surface area contributed by atoms with Crippen LogP contribution in [0.4, 0.5) is 8.78 Å². The zero-order chi connectivity index (χ0) is 20.0. The molecule has 0 bridgehead atoms. The van der Waals surface area contributed by atoms with Crippen LogP contribution in [0, 0.1) is 17.3 Å². The number of Topliss-reactive ketones (excluding diaryl/α,β-unsaturated/α-hetero) is 1. The monoisotopic (exact) mass is 394 g/mol. The number of sulfone groups is 1. The van der Waals surface area contributed by atoms with Crippen molar-refractivity contribution < 1.29 is 26.7 Å². The lowest BCUT2D eigenvalue weighted by Gasteiger charge is -2.42. The molecule has 0 heterocycles. The van der Waals surface area contributed by atoms with Crippen LogP contribution in [-0.2, 0) is 19.4 Å². The molecule has 0 N–H and O–H groups in total. The van der Waals surface area contributed by atoms with E-state index in [4.69, 9.17) is 4.74 Å². The summed E-state index contributed by atoms with van der Waals surface area (Å²) in [6, 6.07) is 0. The summed E-state index contributed by atoms with van der Waals surface area (Å²) in [6.07, 6.45) is 3.03. The molecule has 0 aromatic heterocycles. The van der Waals surface area contributed by atoms with Gasteiger partial charge in [0.05, 0.1) is 17.5 Å². The van der Waals surface area contributed by atoms with Gasteiger partial charge in [-0.1, -0.05) is 6.92 Å². The van der Waals surface area contributed by atoms with Gasteiger partial charge >= 0.3 is 5.25 Å². The van der Waals surface area contributed by atoms with Crippen LogP contribution in [0.15, 0.2) is 0 Å². The molecule has 0 saturated heterocycles. The van der Waals surface area contributed by atoms with Gasteiger partial charge in [0.2, 0.25) is 9.84 Å². The average Bonchev–Trinajstić information content (AvgIpc) is 2.84. The first-order valence-electron chi connectivity index (χ1n) is 9.50. The Bertz CT molecular complexity index is 638. The second-order valence-corrected chi connectivity index (χ2v) is 12.0. The maximum absolute atomic E-state index is 14.2. The number of carbonyl (C=O) groups excluding carboxylic acids is 1. The lowest BCUT2D eigenvalue weighted by atomic mass is 9.64. The molecule has 2 saturated carbocycles. The lowest BCUT2D eigenvalue weighted by Crippen LogP contribution is -2.43. The molecule has 4 unspecified atom stereocenters. The van der Waals surface area contributed by atoms with Gasteiger partial charge in [-0.2, -0.15) is 8.78 Å². The Balaban J connectivity index is 1.97. The SMILES string of the molecule is CC(OCCC(F)(F)S(=O)(=O)C(C)(C)C)C1CCC2C(=O)CCCC21C. The van der Waals surface area contributed by atoms with Gasteiger partial charge in [0.25, 0.3) is 0 Å². The highest BCUT2D eigenvalue weighted by molar-refractivity contribution is 7.93. The summed E-state index contributed by atoms with van der Waals surface area (Å²) in [5.74, 6) is 0.510. The average molecular weight is 395 g/mol. The van der Waals surface area contributed by atoms with Crippen LogP contribution in [0.3, 0.4) is 0 Å². The smallest absolute Gasteiger partial charge is 0.348 e.